The van der Waals surface area contributed by atoms with Crippen LogP contribution in [0.25, 0.3) is 27.6 Å². The van der Waals surface area contributed by atoms with Gasteiger partial charge in [-0.15, -0.1) is 0 Å². The Hall–Kier alpha value is -4.53. The molecule has 220 valence electrons. The van der Waals surface area contributed by atoms with E-state index in [1.807, 2.05) is 67.0 Å². The third-order valence-corrected chi connectivity index (χ3v) is 7.86. The van der Waals surface area contributed by atoms with Crippen LogP contribution in [-0.2, 0) is 16.7 Å². The highest BCUT2D eigenvalue weighted by molar-refractivity contribution is 6.09. The topological polar surface area (TPSA) is 84.3 Å². The second-order valence-corrected chi connectivity index (χ2v) is 12.1. The molecule has 6 rings (SSSR count). The predicted octanol–water partition coefficient (Wildman–Crippen LogP) is 7.17. The quantitative estimate of drug-likeness (QED) is 0.225. The fraction of sp³-hybridized carbons (Fsp3) is 0.286. The number of morpholine rings is 1. The number of nitrogens with one attached hydrogen (secondary N) is 2. The smallest absolute Gasteiger partial charge is 0.324 e. The highest BCUT2D eigenvalue weighted by atomic mass is 16.5. The Labute approximate surface area is 252 Å². The van der Waals surface area contributed by atoms with Gasteiger partial charge >= 0.3 is 6.03 Å². The lowest BCUT2D eigenvalue weighted by Gasteiger charge is -2.27. The molecular weight excluding hydrogens is 536 g/mol. The number of nitrogens with zero attached hydrogens (tertiary/aromatic N) is 4. The third-order valence-electron chi connectivity index (χ3n) is 7.86. The first-order valence-electron chi connectivity index (χ1n) is 14.8. The second-order valence-electron chi connectivity index (χ2n) is 12.1. The van der Waals surface area contributed by atoms with E-state index in [4.69, 9.17) is 9.84 Å². The number of amides is 2. The van der Waals surface area contributed by atoms with Crippen molar-refractivity contribution in [3.63, 3.8) is 0 Å². The first-order chi connectivity index (χ1) is 20.8. The summed E-state index contributed by atoms with van der Waals surface area (Å²) in [6, 6.07) is 24.1. The van der Waals surface area contributed by atoms with Crippen molar-refractivity contribution in [2.75, 3.05) is 36.9 Å². The van der Waals surface area contributed by atoms with Crippen molar-refractivity contribution in [2.24, 2.45) is 0 Å². The van der Waals surface area contributed by atoms with Gasteiger partial charge in [-0.3, -0.25) is 15.2 Å². The lowest BCUT2D eigenvalue weighted by Crippen LogP contribution is -2.35. The van der Waals surface area contributed by atoms with Crippen molar-refractivity contribution in [1.29, 1.82) is 0 Å². The molecule has 8 nitrogen and oxygen atoms in total. The van der Waals surface area contributed by atoms with E-state index in [1.165, 1.54) is 5.56 Å². The highest BCUT2D eigenvalue weighted by Crippen LogP contribution is 2.35. The van der Waals surface area contributed by atoms with Crippen LogP contribution in [0.5, 0.6) is 0 Å². The Morgan fingerprint density at radius 1 is 0.907 bits per heavy atom. The van der Waals surface area contributed by atoms with E-state index in [9.17, 15) is 4.79 Å². The van der Waals surface area contributed by atoms with Crippen LogP contribution in [0.4, 0.5) is 16.3 Å². The van der Waals surface area contributed by atoms with Gasteiger partial charge in [0.2, 0.25) is 0 Å². The van der Waals surface area contributed by atoms with Gasteiger partial charge in [0.1, 0.15) is 5.82 Å². The monoisotopic (exact) mass is 574 g/mol. The van der Waals surface area contributed by atoms with E-state index in [2.05, 4.69) is 66.4 Å². The molecule has 3 heterocycles. The zero-order valence-electron chi connectivity index (χ0n) is 25.2. The molecule has 1 aliphatic rings. The first kappa shape index (κ1) is 28.6. The lowest BCUT2D eigenvalue weighted by atomic mass is 9.92. The SMILES string of the molecule is Cc1ccc(-n2nc(C(C)(C)C)cc2NC(=O)Nc2ccc(-c3ccncc3CN3CCOCC3)c3ccccc23)cc1. The molecule has 1 fully saturated rings. The average molecular weight is 575 g/mol. The number of rotatable bonds is 6. The van der Waals surface area contributed by atoms with Gasteiger partial charge in [-0.05, 0) is 53.3 Å². The van der Waals surface area contributed by atoms with Crippen molar-refractivity contribution in [3.05, 3.63) is 102 Å². The average Bonchev–Trinajstić information content (AvgIpc) is 3.43. The summed E-state index contributed by atoms with van der Waals surface area (Å²) in [7, 11) is 0. The molecule has 2 N–H and O–H groups in total. The van der Waals surface area contributed by atoms with Gasteiger partial charge < -0.3 is 10.1 Å². The number of hydrogen-bond donors (Lipinski definition) is 2. The molecule has 0 saturated carbocycles. The Kier molecular flexibility index (Phi) is 7.97. The fourth-order valence-electron chi connectivity index (χ4n) is 5.45. The molecule has 0 bridgehead atoms. The van der Waals surface area contributed by atoms with Gasteiger partial charge in [-0.2, -0.15) is 5.10 Å². The number of fused-ring (bicyclic) bond motifs is 1. The number of carbonyl (C=O) groups excluding carboxylic acids is 1. The molecule has 2 amide bonds. The maximum absolute atomic E-state index is 13.5. The predicted molar refractivity (Wildman–Crippen MR) is 173 cm³/mol. The summed E-state index contributed by atoms with van der Waals surface area (Å²) in [4.78, 5) is 20.3. The summed E-state index contributed by atoms with van der Waals surface area (Å²) in [5.41, 5.74) is 6.92. The van der Waals surface area contributed by atoms with Gasteiger partial charge in [0.05, 0.1) is 30.3 Å². The first-order valence-corrected chi connectivity index (χ1v) is 14.8. The highest BCUT2D eigenvalue weighted by Gasteiger charge is 2.22. The molecule has 0 radical (unpaired) electrons. The Morgan fingerprint density at radius 3 is 2.40 bits per heavy atom. The number of urea groups is 1. The van der Waals surface area contributed by atoms with Gasteiger partial charge in [-0.25, -0.2) is 9.48 Å². The maximum Gasteiger partial charge on any atom is 0.324 e. The van der Waals surface area contributed by atoms with Crippen molar-refractivity contribution in [1.82, 2.24) is 19.7 Å². The van der Waals surface area contributed by atoms with Crippen molar-refractivity contribution in [3.8, 4) is 16.8 Å². The van der Waals surface area contributed by atoms with Crippen molar-refractivity contribution in [2.45, 2.75) is 39.7 Å². The van der Waals surface area contributed by atoms with E-state index in [0.717, 1.165) is 77.4 Å². The van der Waals surface area contributed by atoms with Crippen LogP contribution >= 0.6 is 0 Å². The number of ether oxygens (including phenoxy) is 1. The van der Waals surface area contributed by atoms with Crippen LogP contribution in [-0.4, -0.2) is 52.0 Å². The van der Waals surface area contributed by atoms with E-state index >= 15 is 0 Å². The Bertz CT molecular complexity index is 1750. The van der Waals surface area contributed by atoms with Gasteiger partial charge in [-0.1, -0.05) is 68.8 Å². The minimum Gasteiger partial charge on any atom is -0.379 e. The van der Waals surface area contributed by atoms with Gasteiger partial charge in [0.25, 0.3) is 0 Å². The summed E-state index contributed by atoms with van der Waals surface area (Å²) in [6.07, 6.45) is 3.80. The van der Waals surface area contributed by atoms with E-state index < -0.39 is 0 Å². The summed E-state index contributed by atoms with van der Waals surface area (Å²) in [5.74, 6) is 0.608. The molecule has 2 aromatic heterocycles. The molecule has 0 unspecified atom stereocenters. The van der Waals surface area contributed by atoms with Crippen LogP contribution in [0, 0.1) is 6.92 Å². The van der Waals surface area contributed by atoms with Gasteiger partial charge in [0.15, 0.2) is 0 Å². The fourth-order valence-corrected chi connectivity index (χ4v) is 5.45. The minimum absolute atomic E-state index is 0.178. The van der Waals surface area contributed by atoms with Crippen LogP contribution in [0.15, 0.2) is 85.2 Å². The van der Waals surface area contributed by atoms with Crippen LogP contribution in [0.3, 0.4) is 0 Å². The molecule has 1 aliphatic heterocycles. The standard InChI is InChI=1S/C35H38N6O2/c1-24-9-11-26(12-10-24)41-33(21-32(39-41)35(2,3)4)38-34(42)37-31-14-13-29(28-7-5-6-8-30(28)31)27-15-16-36-22-25(27)23-40-17-19-43-20-18-40/h5-16,21-22H,17-20,23H2,1-4H3,(H2,37,38,42). The zero-order valence-corrected chi connectivity index (χ0v) is 25.2. The number of hydrogen-bond acceptors (Lipinski definition) is 5. The third kappa shape index (κ3) is 6.30. The summed E-state index contributed by atoms with van der Waals surface area (Å²) in [6.45, 7) is 12.5. The van der Waals surface area contributed by atoms with E-state index in [-0.39, 0.29) is 11.4 Å². The largest absolute Gasteiger partial charge is 0.379 e. The number of carbonyl (C=O) groups is 1. The lowest BCUT2D eigenvalue weighted by molar-refractivity contribution is 0.0342. The second kappa shape index (κ2) is 12.0. The molecular formula is C35H38N6O2. The number of aryl methyl sites for hydroxylation is 1. The minimum atomic E-state index is -0.330. The van der Waals surface area contributed by atoms with E-state index in [0.29, 0.717) is 5.82 Å². The molecule has 1 saturated heterocycles. The number of benzene rings is 3. The summed E-state index contributed by atoms with van der Waals surface area (Å²) < 4.78 is 7.33. The molecule has 5 aromatic rings. The number of anilines is 2. The van der Waals surface area contributed by atoms with Crippen LogP contribution in [0.1, 0.15) is 37.6 Å². The Balaban J connectivity index is 1.29. The normalized spacial score (nSPS) is 14.1. The molecule has 0 spiro atoms. The number of aromatic nitrogens is 3. The molecule has 0 atom stereocenters. The zero-order chi connectivity index (χ0) is 30.0. The van der Waals surface area contributed by atoms with E-state index in [1.54, 1.807) is 4.68 Å². The van der Waals surface area contributed by atoms with Crippen LogP contribution in [0.2, 0.25) is 0 Å². The molecule has 43 heavy (non-hydrogen) atoms. The molecule has 3 aromatic carbocycles. The summed E-state index contributed by atoms with van der Waals surface area (Å²) >= 11 is 0. The summed E-state index contributed by atoms with van der Waals surface area (Å²) in [5, 5.41) is 13.0. The van der Waals surface area contributed by atoms with Crippen molar-refractivity contribution < 1.29 is 9.53 Å². The maximum atomic E-state index is 13.5. The van der Waals surface area contributed by atoms with Crippen LogP contribution < -0.4 is 10.6 Å². The Morgan fingerprint density at radius 2 is 1.65 bits per heavy atom. The molecule has 0 aliphatic carbocycles. The van der Waals surface area contributed by atoms with Crippen molar-refractivity contribution >= 4 is 28.3 Å². The number of pyridine rings is 1. The van der Waals surface area contributed by atoms with Gasteiger partial charge in [0, 0.05) is 48.9 Å². The molecule has 8 heteroatoms.